The molecular formula is C10H5BrFN3O4. The van der Waals surface area contributed by atoms with Crippen LogP contribution in [0.25, 0.3) is 5.69 Å². The van der Waals surface area contributed by atoms with Crippen LogP contribution in [0.4, 0.5) is 10.1 Å². The van der Waals surface area contributed by atoms with Gasteiger partial charge in [0.15, 0.2) is 5.69 Å². The molecule has 0 bridgehead atoms. The fraction of sp³-hybridized carbons (Fsp3) is 0. The first-order valence-corrected chi connectivity index (χ1v) is 5.62. The number of nitro benzene ring substituents is 1. The summed E-state index contributed by atoms with van der Waals surface area (Å²) in [7, 11) is 0. The number of hydrogen-bond acceptors (Lipinski definition) is 4. The fourth-order valence-electron chi connectivity index (χ4n) is 1.43. The molecule has 19 heavy (non-hydrogen) atoms. The Hall–Kier alpha value is -2.29. The van der Waals surface area contributed by atoms with Crippen LogP contribution in [0.1, 0.15) is 10.5 Å². The Morgan fingerprint density at radius 1 is 1.53 bits per heavy atom. The zero-order valence-corrected chi connectivity index (χ0v) is 10.7. The molecule has 1 aromatic heterocycles. The maximum absolute atomic E-state index is 13.3. The molecule has 2 aromatic rings. The number of aromatic carboxylic acids is 1. The lowest BCUT2D eigenvalue weighted by Gasteiger charge is -2.04. The molecule has 1 heterocycles. The van der Waals surface area contributed by atoms with Gasteiger partial charge in [0, 0.05) is 6.20 Å². The van der Waals surface area contributed by atoms with E-state index in [0.717, 1.165) is 16.8 Å². The summed E-state index contributed by atoms with van der Waals surface area (Å²) >= 11 is 2.91. The van der Waals surface area contributed by atoms with E-state index in [0.29, 0.717) is 0 Å². The van der Waals surface area contributed by atoms with Crippen LogP contribution in [0.5, 0.6) is 0 Å². The van der Waals surface area contributed by atoms with Crippen LogP contribution in [0.3, 0.4) is 0 Å². The number of carboxylic acids is 1. The van der Waals surface area contributed by atoms with E-state index < -0.39 is 22.4 Å². The minimum absolute atomic E-state index is 0.0143. The van der Waals surface area contributed by atoms with Crippen molar-refractivity contribution in [3.63, 3.8) is 0 Å². The van der Waals surface area contributed by atoms with Gasteiger partial charge in [-0.05, 0) is 28.1 Å². The van der Waals surface area contributed by atoms with E-state index in [1.807, 2.05) is 0 Å². The van der Waals surface area contributed by atoms with E-state index in [1.54, 1.807) is 0 Å². The van der Waals surface area contributed by atoms with Gasteiger partial charge in [0.2, 0.25) is 0 Å². The lowest BCUT2D eigenvalue weighted by atomic mass is 10.2. The maximum Gasteiger partial charge on any atom is 0.356 e. The van der Waals surface area contributed by atoms with Crippen molar-refractivity contribution in [3.05, 3.63) is 50.5 Å². The molecule has 0 radical (unpaired) electrons. The highest BCUT2D eigenvalue weighted by Crippen LogP contribution is 2.28. The van der Waals surface area contributed by atoms with Crippen molar-refractivity contribution in [2.24, 2.45) is 0 Å². The van der Waals surface area contributed by atoms with Crippen LogP contribution < -0.4 is 0 Å². The third-order valence-corrected chi connectivity index (χ3v) is 2.88. The molecule has 1 N–H and O–H groups in total. The number of halogens is 2. The smallest absolute Gasteiger partial charge is 0.356 e. The molecule has 1 aromatic carbocycles. The SMILES string of the molecule is O=C(O)c1ccn(-c2cc(Br)c(F)cc2[N+](=O)[O-])n1. The third-order valence-electron chi connectivity index (χ3n) is 2.27. The Kier molecular flexibility index (Phi) is 3.30. The molecule has 0 saturated heterocycles. The Morgan fingerprint density at radius 3 is 2.74 bits per heavy atom. The molecule has 98 valence electrons. The molecule has 0 atom stereocenters. The molecule has 0 amide bonds. The second-order valence-corrected chi connectivity index (χ2v) is 4.32. The summed E-state index contributed by atoms with van der Waals surface area (Å²) in [6, 6.07) is 3.08. The number of nitro groups is 1. The van der Waals surface area contributed by atoms with Gasteiger partial charge in [-0.2, -0.15) is 5.10 Å². The van der Waals surface area contributed by atoms with Crippen LogP contribution in [0.15, 0.2) is 28.9 Å². The van der Waals surface area contributed by atoms with Crippen LogP contribution in [0, 0.1) is 15.9 Å². The summed E-state index contributed by atoms with van der Waals surface area (Å²) in [5.74, 6) is -2.05. The van der Waals surface area contributed by atoms with Gasteiger partial charge in [-0.3, -0.25) is 10.1 Å². The number of aromatic nitrogens is 2. The summed E-state index contributed by atoms with van der Waals surface area (Å²) in [4.78, 5) is 20.8. The second kappa shape index (κ2) is 4.76. The normalized spacial score (nSPS) is 10.4. The molecule has 0 aliphatic carbocycles. The quantitative estimate of drug-likeness (QED) is 0.688. The predicted octanol–water partition coefficient (Wildman–Crippen LogP) is 2.38. The summed E-state index contributed by atoms with van der Waals surface area (Å²) in [6.45, 7) is 0. The van der Waals surface area contributed by atoms with Crippen molar-refractivity contribution < 1.29 is 19.2 Å². The largest absolute Gasteiger partial charge is 0.476 e. The zero-order valence-electron chi connectivity index (χ0n) is 9.08. The van der Waals surface area contributed by atoms with Gasteiger partial charge in [-0.15, -0.1) is 0 Å². The lowest BCUT2D eigenvalue weighted by Crippen LogP contribution is -2.04. The molecule has 0 saturated carbocycles. The number of carbonyl (C=O) groups is 1. The maximum atomic E-state index is 13.3. The first-order valence-electron chi connectivity index (χ1n) is 4.83. The Labute approximate surface area is 113 Å². The molecule has 0 aliphatic heterocycles. The van der Waals surface area contributed by atoms with Crippen molar-refractivity contribution in [2.75, 3.05) is 0 Å². The van der Waals surface area contributed by atoms with Gasteiger partial charge in [0.25, 0.3) is 5.69 Å². The van der Waals surface area contributed by atoms with Crippen LogP contribution in [-0.4, -0.2) is 25.8 Å². The summed E-state index contributed by atoms with van der Waals surface area (Å²) < 4.78 is 14.3. The highest BCUT2D eigenvalue weighted by Gasteiger charge is 2.20. The summed E-state index contributed by atoms with van der Waals surface area (Å²) in [5.41, 5.74) is -0.818. The second-order valence-electron chi connectivity index (χ2n) is 3.46. The van der Waals surface area contributed by atoms with Gasteiger partial charge in [0.05, 0.1) is 15.5 Å². The predicted molar refractivity (Wildman–Crippen MR) is 64.8 cm³/mol. The van der Waals surface area contributed by atoms with Crippen molar-refractivity contribution in [1.29, 1.82) is 0 Å². The standard InChI is InChI=1S/C10H5BrFN3O4/c11-5-3-8(9(15(18)19)4-6(5)12)14-2-1-7(13-14)10(16)17/h1-4H,(H,16,17). The Bertz CT molecular complexity index is 685. The van der Waals surface area contributed by atoms with Gasteiger partial charge in [-0.1, -0.05) is 0 Å². The van der Waals surface area contributed by atoms with E-state index in [4.69, 9.17) is 5.11 Å². The molecule has 9 heteroatoms. The highest BCUT2D eigenvalue weighted by molar-refractivity contribution is 9.10. The Morgan fingerprint density at radius 2 is 2.21 bits per heavy atom. The number of benzene rings is 1. The van der Waals surface area contributed by atoms with Crippen molar-refractivity contribution in [1.82, 2.24) is 9.78 Å². The molecule has 0 aliphatic rings. The minimum atomic E-state index is -1.26. The number of hydrogen-bond donors (Lipinski definition) is 1. The molecule has 2 rings (SSSR count). The zero-order chi connectivity index (χ0) is 14.2. The summed E-state index contributed by atoms with van der Waals surface area (Å²) in [6.07, 6.45) is 1.25. The van der Waals surface area contributed by atoms with Crippen molar-refractivity contribution in [2.45, 2.75) is 0 Å². The molecule has 0 spiro atoms. The van der Waals surface area contributed by atoms with Crippen molar-refractivity contribution >= 4 is 27.6 Å². The number of nitrogens with zero attached hydrogens (tertiary/aromatic N) is 3. The van der Waals surface area contributed by atoms with E-state index in [9.17, 15) is 19.3 Å². The van der Waals surface area contributed by atoms with E-state index in [-0.39, 0.29) is 15.9 Å². The molecular weight excluding hydrogens is 325 g/mol. The monoisotopic (exact) mass is 329 g/mol. The van der Waals surface area contributed by atoms with Gasteiger partial charge >= 0.3 is 5.97 Å². The Balaban J connectivity index is 2.62. The van der Waals surface area contributed by atoms with Crippen LogP contribution in [-0.2, 0) is 0 Å². The summed E-state index contributed by atoms with van der Waals surface area (Å²) in [5, 5.41) is 23.3. The number of rotatable bonds is 3. The molecule has 0 fully saturated rings. The topological polar surface area (TPSA) is 98.3 Å². The van der Waals surface area contributed by atoms with E-state index >= 15 is 0 Å². The fourth-order valence-corrected chi connectivity index (χ4v) is 1.76. The van der Waals surface area contributed by atoms with Gasteiger partial charge in [-0.25, -0.2) is 13.9 Å². The average molecular weight is 330 g/mol. The minimum Gasteiger partial charge on any atom is -0.476 e. The number of carboxylic acid groups (broad SMARTS) is 1. The first kappa shape index (κ1) is 13.1. The molecule has 0 unspecified atom stereocenters. The third kappa shape index (κ3) is 2.45. The van der Waals surface area contributed by atoms with E-state index in [2.05, 4.69) is 21.0 Å². The van der Waals surface area contributed by atoms with Gasteiger partial charge < -0.3 is 5.11 Å². The lowest BCUT2D eigenvalue weighted by molar-refractivity contribution is -0.384. The van der Waals surface area contributed by atoms with E-state index in [1.165, 1.54) is 12.3 Å². The van der Waals surface area contributed by atoms with Gasteiger partial charge in [0.1, 0.15) is 11.5 Å². The average Bonchev–Trinajstić information content (AvgIpc) is 2.81. The van der Waals surface area contributed by atoms with Crippen molar-refractivity contribution in [3.8, 4) is 5.69 Å². The first-order chi connectivity index (χ1) is 8.90. The van der Waals surface area contributed by atoms with Crippen LogP contribution >= 0.6 is 15.9 Å². The van der Waals surface area contributed by atoms with Crippen LogP contribution in [0.2, 0.25) is 0 Å². The molecule has 7 nitrogen and oxygen atoms in total. The highest BCUT2D eigenvalue weighted by atomic mass is 79.9.